The van der Waals surface area contributed by atoms with Crippen LogP contribution < -0.4 is 0 Å². The van der Waals surface area contributed by atoms with E-state index in [9.17, 15) is 9.59 Å². The van der Waals surface area contributed by atoms with Crippen LogP contribution in [-0.2, 0) is 9.59 Å². The van der Waals surface area contributed by atoms with E-state index in [4.69, 9.17) is 0 Å². The molecule has 0 radical (unpaired) electrons. The first-order valence-corrected chi connectivity index (χ1v) is 8.41. The standard InChI is InChI=1S/C18H28N2O2/c1-17(2)10-12(11-18(3,4)19(17)5)20-15(21)13-8-6-7-9-14(13)16(20)22/h6-7,12-14H,8-11H2,1-5H3. The van der Waals surface area contributed by atoms with E-state index in [0.29, 0.717) is 0 Å². The molecule has 0 aromatic rings. The molecule has 3 aliphatic rings. The summed E-state index contributed by atoms with van der Waals surface area (Å²) in [4.78, 5) is 29.6. The average molecular weight is 304 g/mol. The minimum Gasteiger partial charge on any atom is -0.296 e. The quantitative estimate of drug-likeness (QED) is 0.552. The van der Waals surface area contributed by atoms with Gasteiger partial charge in [0.2, 0.25) is 11.8 Å². The van der Waals surface area contributed by atoms with Crippen molar-refractivity contribution in [1.29, 1.82) is 0 Å². The Morgan fingerprint density at radius 2 is 1.32 bits per heavy atom. The van der Waals surface area contributed by atoms with E-state index < -0.39 is 0 Å². The third-order valence-corrected chi connectivity index (χ3v) is 6.19. The number of rotatable bonds is 1. The summed E-state index contributed by atoms with van der Waals surface area (Å²) in [6.45, 7) is 8.84. The SMILES string of the molecule is CN1C(C)(C)CC(N2C(=O)C3CC=CCC3C2=O)CC1(C)C. The Morgan fingerprint density at radius 1 is 0.909 bits per heavy atom. The molecule has 0 aromatic carbocycles. The van der Waals surface area contributed by atoms with Gasteiger partial charge in [0.15, 0.2) is 0 Å². The van der Waals surface area contributed by atoms with Gasteiger partial charge in [0.25, 0.3) is 0 Å². The fraction of sp³-hybridized carbons (Fsp3) is 0.778. The third kappa shape index (κ3) is 2.23. The molecule has 2 heterocycles. The van der Waals surface area contributed by atoms with Gasteiger partial charge >= 0.3 is 0 Å². The molecule has 0 N–H and O–H groups in total. The molecule has 3 rings (SSSR count). The lowest BCUT2D eigenvalue weighted by molar-refractivity contribution is -0.147. The van der Waals surface area contributed by atoms with Crippen LogP contribution in [0, 0.1) is 11.8 Å². The first-order valence-electron chi connectivity index (χ1n) is 8.41. The van der Waals surface area contributed by atoms with Gasteiger partial charge in [-0.1, -0.05) is 12.2 Å². The lowest BCUT2D eigenvalue weighted by atomic mass is 9.77. The van der Waals surface area contributed by atoms with Crippen LogP contribution >= 0.6 is 0 Å². The minimum atomic E-state index is -0.108. The lowest BCUT2D eigenvalue weighted by Gasteiger charge is -2.54. The topological polar surface area (TPSA) is 40.6 Å². The van der Waals surface area contributed by atoms with E-state index in [0.717, 1.165) is 25.7 Å². The molecule has 0 saturated carbocycles. The van der Waals surface area contributed by atoms with Gasteiger partial charge in [-0.15, -0.1) is 0 Å². The average Bonchev–Trinajstić information content (AvgIpc) is 2.68. The summed E-state index contributed by atoms with van der Waals surface area (Å²) in [5.41, 5.74) is -0.0298. The number of hydrogen-bond donors (Lipinski definition) is 0. The van der Waals surface area contributed by atoms with Crippen LogP contribution in [-0.4, -0.2) is 45.8 Å². The Labute approximate surface area is 133 Å². The molecule has 2 fully saturated rings. The van der Waals surface area contributed by atoms with Gasteiger partial charge < -0.3 is 0 Å². The van der Waals surface area contributed by atoms with E-state index in [1.165, 1.54) is 0 Å². The van der Waals surface area contributed by atoms with Crippen molar-refractivity contribution >= 4 is 11.8 Å². The van der Waals surface area contributed by atoms with Crippen LogP contribution in [0.3, 0.4) is 0 Å². The number of piperidine rings is 1. The highest BCUT2D eigenvalue weighted by Crippen LogP contribution is 2.43. The van der Waals surface area contributed by atoms with Gasteiger partial charge in [-0.2, -0.15) is 0 Å². The number of nitrogens with zero attached hydrogens (tertiary/aromatic N) is 2. The second kappa shape index (κ2) is 4.92. The monoisotopic (exact) mass is 304 g/mol. The molecule has 22 heavy (non-hydrogen) atoms. The van der Waals surface area contributed by atoms with E-state index in [1.807, 2.05) is 0 Å². The van der Waals surface area contributed by atoms with Crippen molar-refractivity contribution in [1.82, 2.24) is 9.80 Å². The molecule has 2 aliphatic heterocycles. The normalized spacial score (nSPS) is 35.0. The number of amides is 2. The number of imide groups is 1. The van der Waals surface area contributed by atoms with Crippen molar-refractivity contribution in [3.05, 3.63) is 12.2 Å². The molecule has 2 unspecified atom stereocenters. The highest BCUT2D eigenvalue weighted by molar-refractivity contribution is 6.05. The molecule has 1 aliphatic carbocycles. The molecule has 0 spiro atoms. The molecule has 2 amide bonds. The molecule has 122 valence electrons. The van der Waals surface area contributed by atoms with Crippen LogP contribution in [0.25, 0.3) is 0 Å². The summed E-state index contributed by atoms with van der Waals surface area (Å²) < 4.78 is 0. The Balaban J connectivity index is 1.88. The van der Waals surface area contributed by atoms with Crippen molar-refractivity contribution in [2.45, 2.75) is 70.5 Å². The summed E-state index contributed by atoms with van der Waals surface area (Å²) >= 11 is 0. The number of carbonyl (C=O) groups excluding carboxylic acids is 2. The van der Waals surface area contributed by atoms with Crippen LogP contribution in [0.1, 0.15) is 53.4 Å². The van der Waals surface area contributed by atoms with Crippen molar-refractivity contribution in [2.24, 2.45) is 11.8 Å². The van der Waals surface area contributed by atoms with Crippen molar-refractivity contribution in [3.63, 3.8) is 0 Å². The molecule has 0 bridgehead atoms. The summed E-state index contributed by atoms with van der Waals surface area (Å²) in [6.07, 6.45) is 7.28. The summed E-state index contributed by atoms with van der Waals surface area (Å²) in [5, 5.41) is 0. The van der Waals surface area contributed by atoms with E-state index >= 15 is 0 Å². The van der Waals surface area contributed by atoms with Gasteiger partial charge in [0.05, 0.1) is 11.8 Å². The van der Waals surface area contributed by atoms with Gasteiger partial charge in [0.1, 0.15) is 0 Å². The van der Waals surface area contributed by atoms with Gasteiger partial charge in [-0.25, -0.2) is 0 Å². The minimum absolute atomic E-state index is 0.0149. The third-order valence-electron chi connectivity index (χ3n) is 6.19. The molecule has 0 aromatic heterocycles. The largest absolute Gasteiger partial charge is 0.296 e. The van der Waals surface area contributed by atoms with Crippen LogP contribution in [0.15, 0.2) is 12.2 Å². The predicted octanol–water partition coefficient (Wildman–Crippen LogP) is 2.59. The Hall–Kier alpha value is -1.16. The predicted molar refractivity (Wildman–Crippen MR) is 86.2 cm³/mol. The van der Waals surface area contributed by atoms with Crippen LogP contribution in [0.2, 0.25) is 0 Å². The summed E-state index contributed by atoms with van der Waals surface area (Å²) in [6, 6.07) is 0.0341. The molecule has 2 atom stereocenters. The first kappa shape index (κ1) is 15.7. The molecule has 4 nitrogen and oxygen atoms in total. The zero-order valence-electron chi connectivity index (χ0n) is 14.4. The fourth-order valence-corrected chi connectivity index (χ4v) is 4.69. The first-order chi connectivity index (χ1) is 10.1. The summed E-state index contributed by atoms with van der Waals surface area (Å²) in [7, 11) is 2.15. The Kier molecular flexibility index (Phi) is 3.52. The number of allylic oxidation sites excluding steroid dienone is 2. The highest BCUT2D eigenvalue weighted by atomic mass is 16.2. The van der Waals surface area contributed by atoms with Crippen molar-refractivity contribution in [2.75, 3.05) is 7.05 Å². The molecular formula is C18H28N2O2. The maximum atomic E-state index is 12.8. The van der Waals surface area contributed by atoms with E-state index in [2.05, 4.69) is 51.8 Å². The maximum Gasteiger partial charge on any atom is 0.233 e. The van der Waals surface area contributed by atoms with Crippen LogP contribution in [0.4, 0.5) is 0 Å². The molecular weight excluding hydrogens is 276 g/mol. The highest BCUT2D eigenvalue weighted by Gasteiger charge is 2.53. The molecule has 2 saturated heterocycles. The number of hydrogen-bond acceptors (Lipinski definition) is 3. The van der Waals surface area contributed by atoms with Crippen molar-refractivity contribution in [3.8, 4) is 0 Å². The van der Waals surface area contributed by atoms with Crippen molar-refractivity contribution < 1.29 is 9.59 Å². The number of fused-ring (bicyclic) bond motifs is 1. The zero-order valence-corrected chi connectivity index (χ0v) is 14.4. The Bertz CT molecular complexity index is 491. The fourth-order valence-electron chi connectivity index (χ4n) is 4.69. The number of likely N-dealkylation sites (tertiary alicyclic amines) is 2. The second-order valence-corrected chi connectivity index (χ2v) is 8.45. The van der Waals surface area contributed by atoms with Gasteiger partial charge in [-0.05, 0) is 60.4 Å². The number of carbonyl (C=O) groups is 2. The van der Waals surface area contributed by atoms with E-state index in [-0.39, 0.29) is 40.8 Å². The second-order valence-electron chi connectivity index (χ2n) is 8.45. The summed E-state index contributed by atoms with van der Waals surface area (Å²) in [5.74, 6) is -0.0761. The maximum absolute atomic E-state index is 12.8. The molecule has 4 heteroatoms. The van der Waals surface area contributed by atoms with Crippen LogP contribution in [0.5, 0.6) is 0 Å². The lowest BCUT2D eigenvalue weighted by Crippen LogP contribution is -2.63. The smallest absolute Gasteiger partial charge is 0.233 e. The Morgan fingerprint density at radius 3 is 1.73 bits per heavy atom. The van der Waals surface area contributed by atoms with Gasteiger partial charge in [-0.3, -0.25) is 19.4 Å². The zero-order chi connectivity index (χ0) is 16.3. The van der Waals surface area contributed by atoms with Gasteiger partial charge in [0, 0.05) is 17.1 Å². The van der Waals surface area contributed by atoms with E-state index in [1.54, 1.807) is 4.90 Å².